The summed E-state index contributed by atoms with van der Waals surface area (Å²) in [5.74, 6) is 0. The second kappa shape index (κ2) is 4.30. The van der Waals surface area contributed by atoms with E-state index >= 15 is 0 Å². The van der Waals surface area contributed by atoms with Crippen LogP contribution in [-0.4, -0.2) is 14.8 Å². The Labute approximate surface area is 103 Å². The van der Waals surface area contributed by atoms with Gasteiger partial charge in [-0.15, -0.1) is 0 Å². The first kappa shape index (κ1) is 10.6. The highest BCUT2D eigenvalue weighted by atomic mass is 127. The van der Waals surface area contributed by atoms with Crippen LogP contribution in [0, 0.1) is 17.4 Å². The van der Waals surface area contributed by atoms with Gasteiger partial charge in [0.05, 0.1) is 21.5 Å². The minimum absolute atomic E-state index is 0.747. The number of rotatable bonds is 2. The SMILES string of the molecule is Cc1nn(Cc2ccccn2)c(C)c1I. The average Bonchev–Trinajstić information content (AvgIpc) is 2.48. The molecule has 2 rings (SSSR count). The maximum absolute atomic E-state index is 4.47. The van der Waals surface area contributed by atoms with E-state index in [1.54, 1.807) is 0 Å². The quantitative estimate of drug-likeness (QED) is 0.798. The van der Waals surface area contributed by atoms with Crippen LogP contribution in [0.15, 0.2) is 24.4 Å². The fourth-order valence-corrected chi connectivity index (χ4v) is 1.86. The molecule has 0 unspecified atom stereocenters. The van der Waals surface area contributed by atoms with Crippen molar-refractivity contribution in [3.05, 3.63) is 45.0 Å². The van der Waals surface area contributed by atoms with E-state index in [1.807, 2.05) is 36.0 Å². The number of aryl methyl sites for hydroxylation is 1. The fourth-order valence-electron chi connectivity index (χ4n) is 1.47. The number of halogens is 1. The predicted octanol–water partition coefficient (Wildman–Crippen LogP) is 2.55. The van der Waals surface area contributed by atoms with E-state index in [0.717, 1.165) is 17.9 Å². The Balaban J connectivity index is 2.29. The molecule has 2 aromatic rings. The lowest BCUT2D eigenvalue weighted by Gasteiger charge is -2.03. The first-order valence-corrected chi connectivity index (χ1v) is 5.86. The number of hydrogen-bond donors (Lipinski definition) is 0. The maximum atomic E-state index is 4.47. The van der Waals surface area contributed by atoms with Crippen molar-refractivity contribution >= 4 is 22.6 Å². The smallest absolute Gasteiger partial charge is 0.0834 e. The number of aromatic nitrogens is 3. The van der Waals surface area contributed by atoms with E-state index in [2.05, 4.69) is 39.6 Å². The molecule has 0 amide bonds. The summed E-state index contributed by atoms with van der Waals surface area (Å²) in [5.41, 5.74) is 3.34. The Bertz CT molecular complexity index is 462. The zero-order valence-electron chi connectivity index (χ0n) is 8.74. The molecule has 0 radical (unpaired) electrons. The molecule has 0 saturated carbocycles. The molecule has 0 aliphatic rings. The Kier molecular flexibility index (Phi) is 3.04. The summed E-state index contributed by atoms with van der Waals surface area (Å²) in [4.78, 5) is 4.29. The van der Waals surface area contributed by atoms with Gasteiger partial charge in [-0.05, 0) is 48.6 Å². The Morgan fingerprint density at radius 2 is 2.13 bits per heavy atom. The van der Waals surface area contributed by atoms with E-state index in [0.29, 0.717) is 0 Å². The first-order valence-electron chi connectivity index (χ1n) is 4.78. The molecule has 0 fully saturated rings. The normalized spacial score (nSPS) is 10.6. The topological polar surface area (TPSA) is 30.7 Å². The number of nitrogens with zero attached hydrogens (tertiary/aromatic N) is 3. The van der Waals surface area contributed by atoms with Crippen LogP contribution >= 0.6 is 22.6 Å². The molecular formula is C11H12IN3. The van der Waals surface area contributed by atoms with Gasteiger partial charge in [-0.3, -0.25) is 9.67 Å². The highest BCUT2D eigenvalue weighted by Gasteiger charge is 2.08. The van der Waals surface area contributed by atoms with Crippen molar-refractivity contribution in [2.45, 2.75) is 20.4 Å². The molecule has 2 heterocycles. The molecule has 2 aromatic heterocycles. The fraction of sp³-hybridized carbons (Fsp3) is 0.273. The summed E-state index contributed by atoms with van der Waals surface area (Å²) in [6.07, 6.45) is 1.81. The van der Waals surface area contributed by atoms with Crippen molar-refractivity contribution in [2.24, 2.45) is 0 Å². The monoisotopic (exact) mass is 313 g/mol. The third-order valence-electron chi connectivity index (χ3n) is 2.33. The predicted molar refractivity (Wildman–Crippen MR) is 67.8 cm³/mol. The van der Waals surface area contributed by atoms with Crippen LogP contribution in [0.2, 0.25) is 0 Å². The van der Waals surface area contributed by atoms with E-state index in [4.69, 9.17) is 0 Å². The maximum Gasteiger partial charge on any atom is 0.0834 e. The Morgan fingerprint density at radius 1 is 1.33 bits per heavy atom. The van der Waals surface area contributed by atoms with Crippen LogP contribution in [0.4, 0.5) is 0 Å². The second-order valence-corrected chi connectivity index (χ2v) is 4.54. The number of pyridine rings is 1. The van der Waals surface area contributed by atoms with E-state index in [-0.39, 0.29) is 0 Å². The summed E-state index contributed by atoms with van der Waals surface area (Å²) in [7, 11) is 0. The number of hydrogen-bond acceptors (Lipinski definition) is 2. The molecule has 0 aromatic carbocycles. The van der Waals surface area contributed by atoms with Gasteiger partial charge in [0.25, 0.3) is 0 Å². The highest BCUT2D eigenvalue weighted by Crippen LogP contribution is 2.15. The molecule has 78 valence electrons. The van der Waals surface area contributed by atoms with E-state index in [1.165, 1.54) is 9.26 Å². The summed E-state index contributed by atoms with van der Waals surface area (Å²) >= 11 is 2.33. The van der Waals surface area contributed by atoms with E-state index in [9.17, 15) is 0 Å². The van der Waals surface area contributed by atoms with Crippen LogP contribution in [0.5, 0.6) is 0 Å². The second-order valence-electron chi connectivity index (χ2n) is 3.46. The molecule has 0 N–H and O–H groups in total. The van der Waals surface area contributed by atoms with Crippen molar-refractivity contribution in [3.63, 3.8) is 0 Å². The molecule has 0 atom stereocenters. The van der Waals surface area contributed by atoms with Gasteiger partial charge in [0, 0.05) is 11.9 Å². The lowest BCUT2D eigenvalue weighted by molar-refractivity contribution is 0.646. The van der Waals surface area contributed by atoms with Crippen LogP contribution < -0.4 is 0 Å². The van der Waals surface area contributed by atoms with Gasteiger partial charge in [0.1, 0.15) is 0 Å². The van der Waals surface area contributed by atoms with Crippen LogP contribution in [-0.2, 0) is 6.54 Å². The van der Waals surface area contributed by atoms with Gasteiger partial charge in [-0.2, -0.15) is 5.10 Å². The summed E-state index contributed by atoms with van der Waals surface area (Å²) in [5, 5.41) is 4.47. The molecular weight excluding hydrogens is 301 g/mol. The van der Waals surface area contributed by atoms with Crippen LogP contribution in [0.25, 0.3) is 0 Å². The molecule has 3 nitrogen and oxygen atoms in total. The average molecular weight is 313 g/mol. The Hall–Kier alpha value is -0.910. The van der Waals surface area contributed by atoms with Gasteiger partial charge in [0.15, 0.2) is 0 Å². The molecule has 0 bridgehead atoms. The molecule has 0 aliphatic heterocycles. The van der Waals surface area contributed by atoms with Crippen molar-refractivity contribution in [3.8, 4) is 0 Å². The third-order valence-corrected chi connectivity index (χ3v) is 3.89. The van der Waals surface area contributed by atoms with Gasteiger partial charge < -0.3 is 0 Å². The molecule has 15 heavy (non-hydrogen) atoms. The largest absolute Gasteiger partial charge is 0.263 e. The summed E-state index contributed by atoms with van der Waals surface area (Å²) < 4.78 is 3.24. The lowest BCUT2D eigenvalue weighted by atomic mass is 10.3. The van der Waals surface area contributed by atoms with Crippen molar-refractivity contribution in [2.75, 3.05) is 0 Å². The zero-order valence-corrected chi connectivity index (χ0v) is 10.9. The molecule has 0 spiro atoms. The molecule has 0 saturated heterocycles. The van der Waals surface area contributed by atoms with Gasteiger partial charge in [0.2, 0.25) is 0 Å². The highest BCUT2D eigenvalue weighted by molar-refractivity contribution is 14.1. The zero-order chi connectivity index (χ0) is 10.8. The minimum atomic E-state index is 0.747. The van der Waals surface area contributed by atoms with E-state index < -0.39 is 0 Å². The van der Waals surface area contributed by atoms with Gasteiger partial charge in [-0.1, -0.05) is 6.07 Å². The van der Waals surface area contributed by atoms with Crippen LogP contribution in [0.3, 0.4) is 0 Å². The molecule has 0 aliphatic carbocycles. The van der Waals surface area contributed by atoms with Gasteiger partial charge in [-0.25, -0.2) is 0 Å². The summed E-state index contributed by atoms with van der Waals surface area (Å²) in [6, 6.07) is 5.94. The van der Waals surface area contributed by atoms with Crippen molar-refractivity contribution in [1.82, 2.24) is 14.8 Å². The lowest BCUT2D eigenvalue weighted by Crippen LogP contribution is -2.05. The minimum Gasteiger partial charge on any atom is -0.263 e. The standard InChI is InChI=1S/C11H12IN3/c1-8-11(12)9(2)15(14-8)7-10-5-3-4-6-13-10/h3-6H,7H2,1-2H3. The first-order chi connectivity index (χ1) is 7.18. The third kappa shape index (κ3) is 2.19. The summed E-state index contributed by atoms with van der Waals surface area (Å²) in [6.45, 7) is 4.87. The van der Waals surface area contributed by atoms with Crippen LogP contribution in [0.1, 0.15) is 17.1 Å². The van der Waals surface area contributed by atoms with Gasteiger partial charge >= 0.3 is 0 Å². The van der Waals surface area contributed by atoms with Crippen molar-refractivity contribution in [1.29, 1.82) is 0 Å². The van der Waals surface area contributed by atoms with Crippen molar-refractivity contribution < 1.29 is 0 Å². The Morgan fingerprint density at radius 3 is 2.67 bits per heavy atom. The molecule has 4 heteroatoms.